The van der Waals surface area contributed by atoms with Crippen LogP contribution in [-0.4, -0.2) is 48.9 Å². The van der Waals surface area contributed by atoms with Crippen LogP contribution < -0.4 is 20.7 Å². The molecular weight excluding hydrogens is 523 g/mol. The Morgan fingerprint density at radius 1 is 0.917 bits per heavy atom. The van der Waals surface area contributed by atoms with Gasteiger partial charge in [-0.25, -0.2) is 0 Å². The minimum absolute atomic E-state index is 0.215. The molecule has 0 saturated carbocycles. The van der Waals surface area contributed by atoms with Gasteiger partial charge in [0.25, 0.3) is 11.7 Å². The Morgan fingerprint density at radius 3 is 2.00 bits per heavy atom. The molecule has 0 unspecified atom stereocenters. The number of benzene rings is 1. The number of carbonyl (C=O) groups is 4. The Balaban J connectivity index is 2.26. The van der Waals surface area contributed by atoms with Gasteiger partial charge >= 0.3 is 6.18 Å². The van der Waals surface area contributed by atoms with E-state index in [0.717, 1.165) is 11.3 Å². The number of amides is 3. The van der Waals surface area contributed by atoms with Crippen LogP contribution in [0.1, 0.15) is 42.0 Å². The molecule has 0 spiro atoms. The SMILES string of the molecule is COc1ccc([C@H](NC(=O)[C@H](C)NC(=O)c2ccc(Cl)s2)C(=O)N[C@H](C(=O)C(F)(F)F)C(C)C)cc1. The van der Waals surface area contributed by atoms with Gasteiger partial charge in [-0.2, -0.15) is 13.2 Å². The van der Waals surface area contributed by atoms with Crippen molar-refractivity contribution >= 4 is 46.4 Å². The van der Waals surface area contributed by atoms with Crippen molar-refractivity contribution < 1.29 is 37.1 Å². The number of ketones is 1. The molecule has 2 rings (SSSR count). The summed E-state index contributed by atoms with van der Waals surface area (Å²) in [5.74, 6) is -4.95. The summed E-state index contributed by atoms with van der Waals surface area (Å²) in [5.41, 5.74) is 0.215. The Morgan fingerprint density at radius 2 is 1.53 bits per heavy atom. The van der Waals surface area contributed by atoms with Crippen molar-refractivity contribution in [3.05, 3.63) is 51.2 Å². The average molecular weight is 548 g/mol. The summed E-state index contributed by atoms with van der Waals surface area (Å²) in [6.45, 7) is 4.07. The maximum Gasteiger partial charge on any atom is 0.452 e. The lowest BCUT2D eigenvalue weighted by Gasteiger charge is -2.26. The van der Waals surface area contributed by atoms with Gasteiger partial charge in [0.15, 0.2) is 0 Å². The quantitative estimate of drug-likeness (QED) is 0.420. The summed E-state index contributed by atoms with van der Waals surface area (Å²) in [7, 11) is 1.42. The average Bonchev–Trinajstić information content (AvgIpc) is 3.25. The van der Waals surface area contributed by atoms with Gasteiger partial charge in [-0.3, -0.25) is 19.2 Å². The molecular formula is C23H25ClF3N3O5S. The second-order valence-electron chi connectivity index (χ2n) is 8.11. The van der Waals surface area contributed by atoms with Crippen LogP contribution in [0.5, 0.6) is 5.75 Å². The van der Waals surface area contributed by atoms with E-state index in [1.807, 2.05) is 0 Å². The summed E-state index contributed by atoms with van der Waals surface area (Å²) < 4.78 is 44.6. The highest BCUT2D eigenvalue weighted by Gasteiger charge is 2.45. The number of halogens is 4. The molecule has 1 aromatic heterocycles. The van der Waals surface area contributed by atoms with Gasteiger partial charge in [-0.1, -0.05) is 37.6 Å². The number of hydrogen-bond acceptors (Lipinski definition) is 6. The summed E-state index contributed by atoms with van der Waals surface area (Å²) in [6, 6.07) is 4.41. The predicted molar refractivity (Wildman–Crippen MR) is 128 cm³/mol. The number of rotatable bonds is 10. The third-order valence-electron chi connectivity index (χ3n) is 5.06. The lowest BCUT2D eigenvalue weighted by Crippen LogP contribution is -2.54. The fraction of sp³-hybridized carbons (Fsp3) is 0.391. The highest BCUT2D eigenvalue weighted by Crippen LogP contribution is 2.24. The third kappa shape index (κ3) is 7.69. The minimum atomic E-state index is -5.16. The summed E-state index contributed by atoms with van der Waals surface area (Å²) in [4.78, 5) is 50.4. The molecule has 0 radical (unpaired) electrons. The Hall–Kier alpha value is -3.12. The largest absolute Gasteiger partial charge is 0.497 e. The smallest absolute Gasteiger partial charge is 0.452 e. The molecule has 1 aromatic carbocycles. The predicted octanol–water partition coefficient (Wildman–Crippen LogP) is 3.66. The van der Waals surface area contributed by atoms with E-state index in [4.69, 9.17) is 16.3 Å². The molecule has 8 nitrogen and oxygen atoms in total. The highest BCUT2D eigenvalue weighted by atomic mass is 35.5. The summed E-state index contributed by atoms with van der Waals surface area (Å²) >= 11 is 6.83. The van der Waals surface area contributed by atoms with Crippen LogP contribution in [0.25, 0.3) is 0 Å². The van der Waals surface area contributed by atoms with Gasteiger partial charge in [0.2, 0.25) is 11.8 Å². The van der Waals surface area contributed by atoms with Crippen molar-refractivity contribution in [1.29, 1.82) is 0 Å². The second kappa shape index (κ2) is 12.2. The molecule has 0 aliphatic heterocycles. The number of thiophene rings is 1. The van der Waals surface area contributed by atoms with Crippen LogP contribution in [0, 0.1) is 5.92 Å². The molecule has 0 aliphatic rings. The Bertz CT molecular complexity index is 1110. The minimum Gasteiger partial charge on any atom is -0.497 e. The van der Waals surface area contributed by atoms with E-state index in [1.54, 1.807) is 0 Å². The maximum absolute atomic E-state index is 13.1. The van der Waals surface area contributed by atoms with Gasteiger partial charge in [-0.15, -0.1) is 11.3 Å². The fourth-order valence-corrected chi connectivity index (χ4v) is 4.03. The molecule has 3 atom stereocenters. The van der Waals surface area contributed by atoms with E-state index in [0.29, 0.717) is 10.1 Å². The van der Waals surface area contributed by atoms with Crippen LogP contribution >= 0.6 is 22.9 Å². The molecule has 196 valence electrons. The zero-order valence-corrected chi connectivity index (χ0v) is 21.3. The van der Waals surface area contributed by atoms with Gasteiger partial charge < -0.3 is 20.7 Å². The molecule has 0 fully saturated rings. The van der Waals surface area contributed by atoms with Crippen molar-refractivity contribution in [2.45, 2.75) is 45.1 Å². The topological polar surface area (TPSA) is 114 Å². The monoisotopic (exact) mass is 547 g/mol. The summed E-state index contributed by atoms with van der Waals surface area (Å²) in [6.07, 6.45) is -5.16. The van der Waals surface area contributed by atoms with Gasteiger partial charge in [-0.05, 0) is 42.7 Å². The van der Waals surface area contributed by atoms with Crippen molar-refractivity contribution in [3.8, 4) is 5.75 Å². The molecule has 36 heavy (non-hydrogen) atoms. The molecule has 2 aromatic rings. The number of ether oxygens (including phenoxy) is 1. The fourth-order valence-electron chi connectivity index (χ4n) is 3.08. The first-order valence-electron chi connectivity index (χ1n) is 10.7. The van der Waals surface area contributed by atoms with Crippen LogP contribution in [0.2, 0.25) is 4.34 Å². The maximum atomic E-state index is 13.1. The number of alkyl halides is 3. The van der Waals surface area contributed by atoms with E-state index in [1.165, 1.54) is 64.3 Å². The zero-order chi connectivity index (χ0) is 27.2. The molecule has 3 amide bonds. The number of nitrogens with one attached hydrogen (secondary N) is 3. The molecule has 0 saturated heterocycles. The van der Waals surface area contributed by atoms with Crippen LogP contribution in [-0.2, 0) is 14.4 Å². The molecule has 13 heteroatoms. The van der Waals surface area contributed by atoms with Crippen LogP contribution in [0.15, 0.2) is 36.4 Å². The first-order chi connectivity index (χ1) is 16.7. The van der Waals surface area contributed by atoms with Crippen molar-refractivity contribution in [3.63, 3.8) is 0 Å². The van der Waals surface area contributed by atoms with Gasteiger partial charge in [0.1, 0.15) is 17.8 Å². The first kappa shape index (κ1) is 29.1. The normalized spacial score (nSPS) is 13.9. The number of carbonyl (C=O) groups excluding carboxylic acids is 4. The highest BCUT2D eigenvalue weighted by molar-refractivity contribution is 7.18. The van der Waals surface area contributed by atoms with Crippen molar-refractivity contribution in [1.82, 2.24) is 16.0 Å². The van der Waals surface area contributed by atoms with E-state index < -0.39 is 53.7 Å². The van der Waals surface area contributed by atoms with Crippen molar-refractivity contribution in [2.75, 3.05) is 7.11 Å². The van der Waals surface area contributed by atoms with Crippen molar-refractivity contribution in [2.24, 2.45) is 5.92 Å². The third-order valence-corrected chi connectivity index (χ3v) is 6.29. The molecule has 3 N–H and O–H groups in total. The number of Topliss-reactive ketones (excluding diaryl/α,β-unsaturated/α-hetero) is 1. The zero-order valence-electron chi connectivity index (χ0n) is 19.7. The second-order valence-corrected chi connectivity index (χ2v) is 9.82. The van der Waals surface area contributed by atoms with E-state index in [2.05, 4.69) is 16.0 Å². The van der Waals surface area contributed by atoms with E-state index >= 15 is 0 Å². The van der Waals surface area contributed by atoms with E-state index in [9.17, 15) is 32.3 Å². The first-order valence-corrected chi connectivity index (χ1v) is 11.9. The molecule has 1 heterocycles. The van der Waals surface area contributed by atoms with Gasteiger partial charge in [0, 0.05) is 0 Å². The Labute approximate surface area is 214 Å². The van der Waals surface area contributed by atoms with E-state index in [-0.39, 0.29) is 10.4 Å². The summed E-state index contributed by atoms with van der Waals surface area (Å²) in [5, 5.41) is 7.01. The van der Waals surface area contributed by atoms with Gasteiger partial charge in [0.05, 0.1) is 22.4 Å². The molecule has 0 aliphatic carbocycles. The Kier molecular flexibility index (Phi) is 9.88. The lowest BCUT2D eigenvalue weighted by molar-refractivity contribution is -0.175. The number of methoxy groups -OCH3 is 1. The lowest BCUT2D eigenvalue weighted by atomic mass is 9.97. The number of hydrogen-bond donors (Lipinski definition) is 3. The van der Waals surface area contributed by atoms with Crippen LogP contribution in [0.4, 0.5) is 13.2 Å². The standard InChI is InChI=1S/C23H25ClF3N3O5S/c1-11(2)17(19(31)23(25,26)27)29-22(34)18(13-5-7-14(35-4)8-6-13)30-20(32)12(3)28-21(33)15-9-10-16(24)36-15/h5-12,17-18H,1-4H3,(H,28,33)(H,29,34)(H,30,32)/t12-,17-,18-/m0/s1. The van der Waals surface area contributed by atoms with Crippen LogP contribution in [0.3, 0.4) is 0 Å². The molecule has 0 bridgehead atoms.